The van der Waals surface area contributed by atoms with E-state index in [2.05, 4.69) is 10.3 Å². The van der Waals surface area contributed by atoms with Gasteiger partial charge in [-0.25, -0.2) is 9.18 Å². The highest BCUT2D eigenvalue weighted by Crippen LogP contribution is 2.25. The number of hydrogen-bond acceptors (Lipinski definition) is 8. The molecular formula is C21H22FN5O7. The Bertz CT molecular complexity index is 1130. The average Bonchev–Trinajstić information content (AvgIpc) is 3.39. The summed E-state index contributed by atoms with van der Waals surface area (Å²) < 4.78 is 32.4. The molecule has 0 radical (unpaired) electrons. The van der Waals surface area contributed by atoms with Gasteiger partial charge in [-0.3, -0.25) is 14.3 Å². The number of ether oxygens (including phenoxy) is 3. The van der Waals surface area contributed by atoms with Crippen molar-refractivity contribution >= 4 is 29.6 Å². The van der Waals surface area contributed by atoms with Gasteiger partial charge in [-0.2, -0.15) is 0 Å². The Kier molecular flexibility index (Phi) is 6.72. The molecule has 1 aromatic heterocycles. The van der Waals surface area contributed by atoms with E-state index < -0.39 is 22.9 Å². The number of anilines is 1. The second kappa shape index (κ2) is 9.87. The topological polar surface area (TPSA) is 138 Å². The van der Waals surface area contributed by atoms with Gasteiger partial charge in [0.05, 0.1) is 31.9 Å². The minimum Gasteiger partial charge on any atom is -0.443 e. The van der Waals surface area contributed by atoms with Gasteiger partial charge in [0.2, 0.25) is 5.91 Å². The third-order valence-corrected chi connectivity index (χ3v) is 5.19. The number of amides is 2. The van der Waals surface area contributed by atoms with E-state index in [9.17, 15) is 24.1 Å². The Morgan fingerprint density at radius 3 is 3.00 bits per heavy atom. The monoisotopic (exact) mass is 475 g/mol. The molecule has 1 aromatic carbocycles. The lowest BCUT2D eigenvalue weighted by Crippen LogP contribution is -2.33. The fraction of sp³-hybridized carbons (Fsp3) is 0.381. The van der Waals surface area contributed by atoms with Crippen LogP contribution in [0, 0.1) is 15.9 Å². The molecule has 13 heteroatoms. The molecule has 1 saturated heterocycles. The minimum absolute atomic E-state index is 0.171. The van der Waals surface area contributed by atoms with Crippen molar-refractivity contribution in [2.75, 3.05) is 31.2 Å². The summed E-state index contributed by atoms with van der Waals surface area (Å²) in [5.74, 6) is -1.05. The molecule has 2 unspecified atom stereocenters. The largest absolute Gasteiger partial charge is 0.443 e. The second-order valence-corrected chi connectivity index (χ2v) is 7.72. The first kappa shape index (κ1) is 23.2. The van der Waals surface area contributed by atoms with Gasteiger partial charge in [0.25, 0.3) is 0 Å². The number of imidazole rings is 1. The SMILES string of the molecule is CC(=O)NCC1CN(c2ccc(C=CCOC3COc4nc([N+](=O)[O-])cn4C3)c(F)c2)C(=O)O1. The Balaban J connectivity index is 1.29. The van der Waals surface area contributed by atoms with Gasteiger partial charge in [-0.05, 0) is 23.1 Å². The van der Waals surface area contributed by atoms with Crippen molar-refractivity contribution in [1.82, 2.24) is 14.9 Å². The summed E-state index contributed by atoms with van der Waals surface area (Å²) in [5.41, 5.74) is 0.660. The van der Waals surface area contributed by atoms with Crippen LogP contribution in [0.1, 0.15) is 12.5 Å². The highest BCUT2D eigenvalue weighted by molar-refractivity contribution is 5.90. The van der Waals surface area contributed by atoms with Crippen molar-refractivity contribution in [2.24, 2.45) is 0 Å². The van der Waals surface area contributed by atoms with E-state index in [4.69, 9.17) is 14.2 Å². The van der Waals surface area contributed by atoms with Crippen LogP contribution in [0.25, 0.3) is 6.08 Å². The molecule has 2 amide bonds. The van der Waals surface area contributed by atoms with E-state index in [1.54, 1.807) is 18.2 Å². The molecule has 1 N–H and O–H groups in total. The van der Waals surface area contributed by atoms with Crippen molar-refractivity contribution < 1.29 is 33.1 Å². The van der Waals surface area contributed by atoms with E-state index in [-0.39, 0.29) is 50.1 Å². The lowest BCUT2D eigenvalue weighted by atomic mass is 10.1. The van der Waals surface area contributed by atoms with Crippen LogP contribution in [0.5, 0.6) is 6.01 Å². The van der Waals surface area contributed by atoms with Crippen LogP contribution in [0.15, 0.2) is 30.5 Å². The molecule has 0 saturated carbocycles. The number of nitro groups is 1. The van der Waals surface area contributed by atoms with Crippen molar-refractivity contribution in [3.8, 4) is 6.01 Å². The van der Waals surface area contributed by atoms with Gasteiger partial charge >= 0.3 is 17.9 Å². The van der Waals surface area contributed by atoms with Crippen LogP contribution in [-0.2, 0) is 20.8 Å². The molecule has 4 rings (SSSR count). The van der Waals surface area contributed by atoms with Gasteiger partial charge in [0.15, 0.2) is 0 Å². The maximum atomic E-state index is 14.6. The van der Waals surface area contributed by atoms with E-state index in [1.807, 2.05) is 0 Å². The maximum absolute atomic E-state index is 14.6. The number of halogens is 1. The highest BCUT2D eigenvalue weighted by atomic mass is 19.1. The van der Waals surface area contributed by atoms with E-state index in [0.717, 1.165) is 0 Å². The quantitative estimate of drug-likeness (QED) is 0.451. The number of nitrogens with zero attached hydrogens (tertiary/aromatic N) is 4. The highest BCUT2D eigenvalue weighted by Gasteiger charge is 2.32. The molecule has 2 aromatic rings. The third-order valence-electron chi connectivity index (χ3n) is 5.19. The summed E-state index contributed by atoms with van der Waals surface area (Å²) in [7, 11) is 0. The van der Waals surface area contributed by atoms with Crippen molar-refractivity contribution in [3.05, 3.63) is 52.0 Å². The number of hydrogen-bond donors (Lipinski definition) is 1. The van der Waals surface area contributed by atoms with Crippen LogP contribution >= 0.6 is 0 Å². The average molecular weight is 475 g/mol. The van der Waals surface area contributed by atoms with Crippen molar-refractivity contribution in [2.45, 2.75) is 25.7 Å². The molecule has 0 aliphatic carbocycles. The first-order valence-electron chi connectivity index (χ1n) is 10.4. The predicted molar refractivity (Wildman–Crippen MR) is 116 cm³/mol. The summed E-state index contributed by atoms with van der Waals surface area (Å²) in [6, 6.07) is 4.56. The summed E-state index contributed by atoms with van der Waals surface area (Å²) in [4.78, 5) is 38.4. The Morgan fingerprint density at radius 2 is 2.26 bits per heavy atom. The molecule has 2 aliphatic rings. The maximum Gasteiger partial charge on any atom is 0.414 e. The van der Waals surface area contributed by atoms with Crippen LogP contribution < -0.4 is 15.0 Å². The molecule has 0 bridgehead atoms. The normalized spacial score (nSPS) is 19.6. The number of aromatic nitrogens is 2. The Hall–Kier alpha value is -4.00. The molecule has 1 fully saturated rings. The standard InChI is InChI=1S/C21H22FN5O7/c1-13(28)23-8-16-10-26(21(29)34-16)15-5-4-14(18(22)7-15)3-2-6-32-17-9-25-11-19(27(30)31)24-20(25)33-12-17/h2-5,7,11,16-17H,6,8-10,12H2,1H3,(H,23,28). The fourth-order valence-electron chi connectivity index (χ4n) is 3.54. The molecule has 34 heavy (non-hydrogen) atoms. The van der Waals surface area contributed by atoms with E-state index >= 15 is 0 Å². The Morgan fingerprint density at radius 1 is 1.44 bits per heavy atom. The first-order valence-corrected chi connectivity index (χ1v) is 10.4. The van der Waals surface area contributed by atoms with Crippen LogP contribution in [0.2, 0.25) is 0 Å². The van der Waals surface area contributed by atoms with Gasteiger partial charge in [-0.15, -0.1) is 0 Å². The number of rotatable bonds is 8. The molecular weight excluding hydrogens is 453 g/mol. The fourth-order valence-corrected chi connectivity index (χ4v) is 3.54. The number of fused-ring (bicyclic) bond motifs is 1. The number of benzene rings is 1. The second-order valence-electron chi connectivity index (χ2n) is 7.72. The number of cyclic esters (lactones) is 1. The number of carbonyl (C=O) groups is 2. The molecule has 0 spiro atoms. The lowest BCUT2D eigenvalue weighted by Gasteiger charge is -2.21. The van der Waals surface area contributed by atoms with Crippen LogP contribution in [0.4, 0.5) is 20.7 Å². The number of nitrogens with one attached hydrogen (secondary N) is 1. The van der Waals surface area contributed by atoms with Gasteiger partial charge in [0, 0.05) is 17.5 Å². The van der Waals surface area contributed by atoms with Crippen LogP contribution in [-0.4, -0.2) is 65.0 Å². The third kappa shape index (κ3) is 5.31. The van der Waals surface area contributed by atoms with E-state index in [1.165, 1.54) is 34.7 Å². The minimum atomic E-state index is -0.604. The Labute approximate surface area is 193 Å². The number of carbonyl (C=O) groups excluding carboxylic acids is 2. The molecule has 3 heterocycles. The zero-order chi connectivity index (χ0) is 24.2. The van der Waals surface area contributed by atoms with E-state index in [0.29, 0.717) is 17.8 Å². The smallest absolute Gasteiger partial charge is 0.414 e. The van der Waals surface area contributed by atoms with Gasteiger partial charge in [-0.1, -0.05) is 12.2 Å². The molecule has 2 atom stereocenters. The van der Waals surface area contributed by atoms with Crippen molar-refractivity contribution in [1.29, 1.82) is 0 Å². The van der Waals surface area contributed by atoms with Crippen LogP contribution in [0.3, 0.4) is 0 Å². The zero-order valence-corrected chi connectivity index (χ0v) is 18.2. The molecule has 12 nitrogen and oxygen atoms in total. The predicted octanol–water partition coefficient (Wildman–Crippen LogP) is 1.88. The van der Waals surface area contributed by atoms with Gasteiger partial charge < -0.3 is 29.6 Å². The molecule has 180 valence electrons. The first-order chi connectivity index (χ1) is 16.3. The summed E-state index contributed by atoms with van der Waals surface area (Å²) in [5, 5.41) is 13.4. The van der Waals surface area contributed by atoms with Crippen molar-refractivity contribution in [3.63, 3.8) is 0 Å². The summed E-state index contributed by atoms with van der Waals surface area (Å²) in [6.07, 6.45) is 3.02. The summed E-state index contributed by atoms with van der Waals surface area (Å²) in [6.45, 7) is 2.47. The lowest BCUT2D eigenvalue weighted by molar-refractivity contribution is -0.389. The molecule has 2 aliphatic heterocycles. The summed E-state index contributed by atoms with van der Waals surface area (Å²) >= 11 is 0. The zero-order valence-electron chi connectivity index (χ0n) is 18.2. The van der Waals surface area contributed by atoms with Gasteiger partial charge in [0.1, 0.15) is 30.8 Å².